The molecule has 29 heavy (non-hydrogen) atoms. The summed E-state index contributed by atoms with van der Waals surface area (Å²) in [4.78, 5) is 17.5. The summed E-state index contributed by atoms with van der Waals surface area (Å²) in [6.45, 7) is 0. The molecule has 1 N–H and O–H groups in total. The summed E-state index contributed by atoms with van der Waals surface area (Å²) < 4.78 is 23.6. The Balaban J connectivity index is 1.48. The highest BCUT2D eigenvalue weighted by molar-refractivity contribution is 7.14. The Morgan fingerprint density at radius 1 is 1.14 bits per heavy atom. The molecule has 4 aromatic rings. The first-order chi connectivity index (χ1) is 14.1. The predicted molar refractivity (Wildman–Crippen MR) is 108 cm³/mol. The molecule has 2 heterocycles. The van der Waals surface area contributed by atoms with Gasteiger partial charge in [-0.05, 0) is 53.4 Å². The number of amides is 1. The minimum Gasteiger partial charge on any atom is -0.497 e. The van der Waals surface area contributed by atoms with Crippen LogP contribution in [0.4, 0.5) is 10.1 Å². The number of nitrogens with zero attached hydrogens (tertiary/aromatic N) is 2. The van der Waals surface area contributed by atoms with Crippen LogP contribution in [-0.2, 0) is 11.2 Å². The molecule has 0 unspecified atom stereocenters. The molecule has 0 spiro atoms. The van der Waals surface area contributed by atoms with Crippen LogP contribution in [-0.4, -0.2) is 23.2 Å². The number of halogens is 1. The Bertz CT molecular complexity index is 1120. The Morgan fingerprint density at radius 2 is 1.90 bits per heavy atom. The Labute approximate surface area is 170 Å². The van der Waals surface area contributed by atoms with Crippen LogP contribution in [0.3, 0.4) is 0 Å². The lowest BCUT2D eigenvalue weighted by Gasteiger charge is -2.06. The van der Waals surface area contributed by atoms with Gasteiger partial charge in [-0.3, -0.25) is 4.79 Å². The second kappa shape index (κ2) is 8.24. The first-order valence-electron chi connectivity index (χ1n) is 8.72. The van der Waals surface area contributed by atoms with Crippen molar-refractivity contribution in [3.05, 3.63) is 71.4 Å². The van der Waals surface area contributed by atoms with E-state index in [4.69, 9.17) is 9.26 Å². The van der Waals surface area contributed by atoms with Crippen molar-refractivity contribution < 1.29 is 18.4 Å². The molecule has 0 atom stereocenters. The zero-order valence-corrected chi connectivity index (χ0v) is 16.2. The van der Waals surface area contributed by atoms with Gasteiger partial charge in [-0.25, -0.2) is 4.39 Å². The minimum absolute atomic E-state index is 0.159. The van der Waals surface area contributed by atoms with Crippen LogP contribution in [0, 0.1) is 5.82 Å². The van der Waals surface area contributed by atoms with Crippen LogP contribution in [0.2, 0.25) is 0 Å². The maximum absolute atomic E-state index is 13.1. The van der Waals surface area contributed by atoms with Gasteiger partial charge in [-0.2, -0.15) is 4.98 Å². The number of hydrogen-bond donors (Lipinski definition) is 1. The molecule has 0 aliphatic carbocycles. The van der Waals surface area contributed by atoms with E-state index in [0.29, 0.717) is 27.8 Å². The zero-order valence-electron chi connectivity index (χ0n) is 15.4. The van der Waals surface area contributed by atoms with Crippen LogP contribution in [0.5, 0.6) is 5.75 Å². The van der Waals surface area contributed by atoms with Crippen molar-refractivity contribution in [3.63, 3.8) is 0 Å². The second-order valence-corrected chi connectivity index (χ2v) is 7.08. The molecule has 0 saturated heterocycles. The van der Waals surface area contributed by atoms with Gasteiger partial charge in [0.15, 0.2) is 0 Å². The number of hydrogen-bond acceptors (Lipinski definition) is 6. The summed E-state index contributed by atoms with van der Waals surface area (Å²) in [5.41, 5.74) is 2.11. The van der Waals surface area contributed by atoms with E-state index in [1.165, 1.54) is 23.5 Å². The average Bonchev–Trinajstić information content (AvgIpc) is 3.38. The Hall–Kier alpha value is -3.52. The zero-order chi connectivity index (χ0) is 20.2. The summed E-state index contributed by atoms with van der Waals surface area (Å²) in [5.74, 6) is 0.885. The molecule has 0 radical (unpaired) electrons. The lowest BCUT2D eigenvalue weighted by atomic mass is 10.1. The number of carbonyl (C=O) groups is 1. The van der Waals surface area contributed by atoms with Gasteiger partial charge >= 0.3 is 0 Å². The van der Waals surface area contributed by atoms with Gasteiger partial charge in [0.25, 0.3) is 5.89 Å². The maximum Gasteiger partial charge on any atom is 0.270 e. The molecule has 0 saturated carbocycles. The first-order valence-corrected chi connectivity index (χ1v) is 9.60. The fourth-order valence-electron chi connectivity index (χ4n) is 2.73. The first kappa shape index (κ1) is 18.8. The summed E-state index contributed by atoms with van der Waals surface area (Å²) in [6.07, 6.45) is 0.226. The monoisotopic (exact) mass is 409 g/mol. The van der Waals surface area contributed by atoms with E-state index in [2.05, 4.69) is 15.5 Å². The third-order valence-electron chi connectivity index (χ3n) is 4.19. The lowest BCUT2D eigenvalue weighted by molar-refractivity contribution is -0.115. The highest BCUT2D eigenvalue weighted by atomic mass is 32.1. The van der Waals surface area contributed by atoms with Crippen LogP contribution in [0.1, 0.15) is 5.56 Å². The summed E-state index contributed by atoms with van der Waals surface area (Å²) in [6, 6.07) is 14.9. The molecule has 1 amide bonds. The van der Waals surface area contributed by atoms with Crippen molar-refractivity contribution in [3.8, 4) is 27.9 Å². The normalized spacial score (nSPS) is 10.7. The Kier molecular flexibility index (Phi) is 5.35. The standard InChI is InChI=1S/C21H16FN3O3S/c1-27-16-8-2-13(3-9-16)12-18(26)23-17-10-11-29-19(17)21-24-20(25-28-21)14-4-6-15(22)7-5-14/h2-11H,12H2,1H3,(H,23,26). The second-order valence-electron chi connectivity index (χ2n) is 6.17. The van der Waals surface area contributed by atoms with Crippen LogP contribution < -0.4 is 10.1 Å². The number of rotatable bonds is 6. The molecular weight excluding hydrogens is 393 g/mol. The highest BCUT2D eigenvalue weighted by Crippen LogP contribution is 2.33. The van der Waals surface area contributed by atoms with E-state index in [0.717, 1.165) is 11.3 Å². The van der Waals surface area contributed by atoms with Crippen molar-refractivity contribution in [2.24, 2.45) is 0 Å². The van der Waals surface area contributed by atoms with E-state index in [1.54, 1.807) is 25.3 Å². The number of thiophene rings is 1. The molecule has 0 bridgehead atoms. The fraction of sp³-hybridized carbons (Fsp3) is 0.0952. The van der Waals surface area contributed by atoms with Gasteiger partial charge in [0.2, 0.25) is 11.7 Å². The van der Waals surface area contributed by atoms with Gasteiger partial charge in [-0.15, -0.1) is 11.3 Å². The smallest absolute Gasteiger partial charge is 0.270 e. The van der Waals surface area contributed by atoms with Crippen molar-refractivity contribution >= 4 is 22.9 Å². The van der Waals surface area contributed by atoms with Crippen molar-refractivity contribution in [1.29, 1.82) is 0 Å². The van der Waals surface area contributed by atoms with Gasteiger partial charge < -0.3 is 14.6 Å². The molecule has 4 rings (SSSR count). The van der Waals surface area contributed by atoms with Crippen LogP contribution in [0.25, 0.3) is 22.2 Å². The number of anilines is 1. The summed E-state index contributed by atoms with van der Waals surface area (Å²) >= 11 is 1.38. The van der Waals surface area contributed by atoms with E-state index in [9.17, 15) is 9.18 Å². The molecule has 146 valence electrons. The number of benzene rings is 2. The van der Waals surface area contributed by atoms with Crippen LogP contribution in [0.15, 0.2) is 64.5 Å². The van der Waals surface area contributed by atoms with Gasteiger partial charge in [0, 0.05) is 5.56 Å². The lowest BCUT2D eigenvalue weighted by Crippen LogP contribution is -2.14. The van der Waals surface area contributed by atoms with E-state index >= 15 is 0 Å². The third-order valence-corrected chi connectivity index (χ3v) is 5.09. The van der Waals surface area contributed by atoms with E-state index < -0.39 is 0 Å². The van der Waals surface area contributed by atoms with E-state index in [1.807, 2.05) is 29.6 Å². The quantitative estimate of drug-likeness (QED) is 0.495. The molecule has 2 aromatic heterocycles. The van der Waals surface area contributed by atoms with Crippen molar-refractivity contribution in [2.45, 2.75) is 6.42 Å². The molecular formula is C21H16FN3O3S. The summed E-state index contributed by atoms with van der Waals surface area (Å²) in [7, 11) is 1.60. The number of ether oxygens (including phenoxy) is 1. The maximum atomic E-state index is 13.1. The Morgan fingerprint density at radius 3 is 2.62 bits per heavy atom. The number of nitrogens with one attached hydrogen (secondary N) is 1. The fourth-order valence-corrected chi connectivity index (χ4v) is 3.50. The van der Waals surface area contributed by atoms with E-state index in [-0.39, 0.29) is 18.1 Å². The van der Waals surface area contributed by atoms with Gasteiger partial charge in [0.05, 0.1) is 19.2 Å². The van der Waals surface area contributed by atoms with Crippen molar-refractivity contribution in [2.75, 3.05) is 12.4 Å². The predicted octanol–water partition coefficient (Wildman–Crippen LogP) is 4.79. The number of aromatic nitrogens is 2. The highest BCUT2D eigenvalue weighted by Gasteiger charge is 2.17. The average molecular weight is 409 g/mol. The number of methoxy groups -OCH3 is 1. The van der Waals surface area contributed by atoms with Gasteiger partial charge in [-0.1, -0.05) is 17.3 Å². The molecule has 2 aromatic carbocycles. The largest absolute Gasteiger partial charge is 0.497 e. The topological polar surface area (TPSA) is 77.2 Å². The molecule has 0 aliphatic heterocycles. The third kappa shape index (κ3) is 4.33. The molecule has 0 aliphatic rings. The van der Waals surface area contributed by atoms with Gasteiger partial charge in [0.1, 0.15) is 16.4 Å². The van der Waals surface area contributed by atoms with Crippen molar-refractivity contribution in [1.82, 2.24) is 10.1 Å². The molecule has 8 heteroatoms. The summed E-state index contributed by atoms with van der Waals surface area (Å²) in [5, 5.41) is 8.67. The molecule has 6 nitrogen and oxygen atoms in total. The minimum atomic E-state index is -0.336. The number of carbonyl (C=O) groups excluding carboxylic acids is 1. The molecule has 0 fully saturated rings. The SMILES string of the molecule is COc1ccc(CC(=O)Nc2ccsc2-c2nc(-c3ccc(F)cc3)no2)cc1. The van der Waals surface area contributed by atoms with Crippen LogP contribution >= 0.6 is 11.3 Å².